The van der Waals surface area contributed by atoms with E-state index in [9.17, 15) is 4.39 Å². The second kappa shape index (κ2) is 5.18. The molecule has 94 valence electrons. The van der Waals surface area contributed by atoms with Crippen LogP contribution in [0.5, 0.6) is 0 Å². The van der Waals surface area contributed by atoms with Crippen LogP contribution in [0.2, 0.25) is 0 Å². The van der Waals surface area contributed by atoms with E-state index in [0.717, 1.165) is 24.9 Å². The first-order chi connectivity index (χ1) is 8.15. The van der Waals surface area contributed by atoms with Crippen LogP contribution in [0.15, 0.2) is 24.3 Å². The molecule has 1 fully saturated rings. The van der Waals surface area contributed by atoms with Crippen LogP contribution in [0.3, 0.4) is 0 Å². The zero-order valence-corrected chi connectivity index (χ0v) is 10.8. The van der Waals surface area contributed by atoms with E-state index in [2.05, 4.69) is 19.2 Å². The molecule has 0 aliphatic heterocycles. The van der Waals surface area contributed by atoms with Crippen molar-refractivity contribution in [2.24, 2.45) is 5.41 Å². The summed E-state index contributed by atoms with van der Waals surface area (Å²) >= 11 is 0. The van der Waals surface area contributed by atoms with Crippen LogP contribution in [0.25, 0.3) is 0 Å². The van der Waals surface area contributed by atoms with E-state index < -0.39 is 0 Å². The Morgan fingerprint density at radius 2 is 2.06 bits per heavy atom. The lowest BCUT2D eigenvalue weighted by molar-refractivity contribution is 0.351. The first-order valence-electron chi connectivity index (χ1n) is 6.62. The second-order valence-electron chi connectivity index (χ2n) is 5.46. The molecule has 1 aromatic carbocycles. The Balaban J connectivity index is 2.05. The summed E-state index contributed by atoms with van der Waals surface area (Å²) in [6.45, 7) is 5.50. The second-order valence-corrected chi connectivity index (χ2v) is 5.46. The van der Waals surface area contributed by atoms with E-state index in [-0.39, 0.29) is 5.82 Å². The molecule has 17 heavy (non-hydrogen) atoms. The van der Waals surface area contributed by atoms with Crippen molar-refractivity contribution < 1.29 is 4.39 Å². The van der Waals surface area contributed by atoms with Gasteiger partial charge in [0.05, 0.1) is 0 Å². The molecule has 2 heteroatoms. The molecule has 1 unspecified atom stereocenters. The van der Waals surface area contributed by atoms with E-state index in [1.54, 1.807) is 12.1 Å². The highest BCUT2D eigenvalue weighted by Crippen LogP contribution is 2.49. The molecular formula is C15H22FN. The van der Waals surface area contributed by atoms with Crippen molar-refractivity contribution in [2.75, 3.05) is 6.54 Å². The highest BCUT2D eigenvalue weighted by molar-refractivity contribution is 5.20. The van der Waals surface area contributed by atoms with Gasteiger partial charge in [0.2, 0.25) is 0 Å². The molecular weight excluding hydrogens is 213 g/mol. The van der Waals surface area contributed by atoms with Gasteiger partial charge in [-0.2, -0.15) is 0 Å². The minimum Gasteiger partial charge on any atom is -0.313 e. The van der Waals surface area contributed by atoms with Gasteiger partial charge in [-0.15, -0.1) is 0 Å². The van der Waals surface area contributed by atoms with Crippen molar-refractivity contribution in [3.05, 3.63) is 35.6 Å². The Morgan fingerprint density at radius 1 is 1.35 bits per heavy atom. The highest BCUT2D eigenvalue weighted by atomic mass is 19.1. The van der Waals surface area contributed by atoms with Gasteiger partial charge in [-0.3, -0.25) is 0 Å². The molecule has 2 rings (SSSR count). The fraction of sp³-hybridized carbons (Fsp3) is 0.600. The molecule has 0 saturated heterocycles. The Labute approximate surface area is 103 Å². The number of hydrogen-bond donors (Lipinski definition) is 1. The van der Waals surface area contributed by atoms with E-state index in [1.807, 2.05) is 12.1 Å². The molecule has 0 amide bonds. The lowest BCUT2D eigenvalue weighted by atomic mass is 9.92. The number of benzene rings is 1. The maximum Gasteiger partial charge on any atom is 0.126 e. The van der Waals surface area contributed by atoms with Crippen molar-refractivity contribution in [2.45, 2.75) is 45.6 Å². The lowest BCUT2D eigenvalue weighted by Gasteiger charge is -2.25. The topological polar surface area (TPSA) is 12.0 Å². The Hall–Kier alpha value is -0.890. The summed E-state index contributed by atoms with van der Waals surface area (Å²) < 4.78 is 13.7. The van der Waals surface area contributed by atoms with Crippen molar-refractivity contribution >= 4 is 0 Å². The third-order valence-corrected chi connectivity index (χ3v) is 3.90. The Bertz CT molecular complexity index is 371. The first-order valence-corrected chi connectivity index (χ1v) is 6.62. The molecule has 0 aromatic heterocycles. The van der Waals surface area contributed by atoms with Gasteiger partial charge < -0.3 is 5.32 Å². The number of hydrogen-bond acceptors (Lipinski definition) is 1. The standard InChI is InChI=1S/C15H22FN/c1-3-10-17-14(15(2)8-9-15)11-12-6-4-5-7-13(12)16/h4-7,14,17H,3,8-11H2,1-2H3. The first kappa shape index (κ1) is 12.6. The molecule has 0 spiro atoms. The van der Waals surface area contributed by atoms with E-state index in [4.69, 9.17) is 0 Å². The van der Waals surface area contributed by atoms with Crippen molar-refractivity contribution in [3.8, 4) is 0 Å². The Morgan fingerprint density at radius 3 is 2.65 bits per heavy atom. The largest absolute Gasteiger partial charge is 0.313 e. The SMILES string of the molecule is CCCNC(Cc1ccccc1F)C1(C)CC1. The van der Waals surface area contributed by atoms with E-state index in [0.29, 0.717) is 11.5 Å². The molecule has 1 aliphatic rings. The molecule has 1 atom stereocenters. The van der Waals surface area contributed by atoms with Crippen LogP contribution < -0.4 is 5.32 Å². The van der Waals surface area contributed by atoms with Crippen molar-refractivity contribution in [3.63, 3.8) is 0 Å². The molecule has 1 N–H and O–H groups in total. The van der Waals surface area contributed by atoms with Gasteiger partial charge in [0.25, 0.3) is 0 Å². The third kappa shape index (κ3) is 3.06. The van der Waals surface area contributed by atoms with Crippen LogP contribution in [-0.4, -0.2) is 12.6 Å². The summed E-state index contributed by atoms with van der Waals surface area (Å²) in [5.74, 6) is -0.0694. The summed E-state index contributed by atoms with van der Waals surface area (Å²) in [5.41, 5.74) is 1.23. The quantitative estimate of drug-likeness (QED) is 0.795. The van der Waals surface area contributed by atoms with E-state index >= 15 is 0 Å². The van der Waals surface area contributed by atoms with Gasteiger partial charge in [-0.05, 0) is 49.3 Å². The normalized spacial score (nSPS) is 19.0. The summed E-state index contributed by atoms with van der Waals surface area (Å²) in [6, 6.07) is 7.55. The molecule has 0 heterocycles. The minimum absolute atomic E-state index is 0.0694. The predicted octanol–water partition coefficient (Wildman–Crippen LogP) is 3.54. The highest BCUT2D eigenvalue weighted by Gasteiger charge is 2.44. The van der Waals surface area contributed by atoms with Gasteiger partial charge in [0.1, 0.15) is 5.82 Å². The number of halogens is 1. The maximum absolute atomic E-state index is 13.7. The zero-order valence-electron chi connectivity index (χ0n) is 10.8. The molecule has 1 aromatic rings. The van der Waals surface area contributed by atoms with Crippen LogP contribution in [0, 0.1) is 11.2 Å². The summed E-state index contributed by atoms with van der Waals surface area (Å²) in [5, 5.41) is 3.58. The van der Waals surface area contributed by atoms with Crippen LogP contribution in [-0.2, 0) is 6.42 Å². The summed E-state index contributed by atoms with van der Waals surface area (Å²) in [4.78, 5) is 0. The van der Waals surface area contributed by atoms with Gasteiger partial charge >= 0.3 is 0 Å². The smallest absolute Gasteiger partial charge is 0.126 e. The molecule has 0 bridgehead atoms. The summed E-state index contributed by atoms with van der Waals surface area (Å²) in [7, 11) is 0. The number of rotatable bonds is 6. The van der Waals surface area contributed by atoms with Crippen LogP contribution in [0.1, 0.15) is 38.7 Å². The molecule has 1 aliphatic carbocycles. The molecule has 1 nitrogen and oxygen atoms in total. The van der Waals surface area contributed by atoms with Crippen molar-refractivity contribution in [1.82, 2.24) is 5.32 Å². The lowest BCUT2D eigenvalue weighted by Crippen LogP contribution is -2.38. The third-order valence-electron chi connectivity index (χ3n) is 3.90. The van der Waals surface area contributed by atoms with E-state index in [1.165, 1.54) is 12.8 Å². The van der Waals surface area contributed by atoms with Gasteiger partial charge in [-0.1, -0.05) is 32.0 Å². The van der Waals surface area contributed by atoms with Crippen LogP contribution in [0.4, 0.5) is 4.39 Å². The molecule has 1 saturated carbocycles. The average Bonchev–Trinajstić information content (AvgIpc) is 3.06. The van der Waals surface area contributed by atoms with Gasteiger partial charge in [-0.25, -0.2) is 4.39 Å². The monoisotopic (exact) mass is 235 g/mol. The number of nitrogens with one attached hydrogen (secondary N) is 1. The van der Waals surface area contributed by atoms with Crippen LogP contribution >= 0.6 is 0 Å². The van der Waals surface area contributed by atoms with Gasteiger partial charge in [0.15, 0.2) is 0 Å². The maximum atomic E-state index is 13.7. The van der Waals surface area contributed by atoms with Gasteiger partial charge in [0, 0.05) is 6.04 Å². The Kier molecular flexibility index (Phi) is 3.82. The zero-order chi connectivity index (χ0) is 12.3. The minimum atomic E-state index is -0.0694. The fourth-order valence-electron chi connectivity index (χ4n) is 2.31. The predicted molar refractivity (Wildman–Crippen MR) is 69.5 cm³/mol. The molecule has 0 radical (unpaired) electrons. The summed E-state index contributed by atoms with van der Waals surface area (Å²) in [6.07, 6.45) is 4.47. The average molecular weight is 235 g/mol. The van der Waals surface area contributed by atoms with Crippen molar-refractivity contribution in [1.29, 1.82) is 0 Å². The fourth-order valence-corrected chi connectivity index (χ4v) is 2.31.